The van der Waals surface area contributed by atoms with Crippen LogP contribution in [0.25, 0.3) is 0 Å². The number of nitrogens with two attached hydrogens (primary N) is 1. The lowest BCUT2D eigenvalue weighted by atomic mass is 10.1. The number of amides is 1. The van der Waals surface area contributed by atoms with E-state index in [0.29, 0.717) is 5.56 Å². The predicted molar refractivity (Wildman–Crippen MR) is 82.0 cm³/mol. The fraction of sp³-hybridized carbons (Fsp3) is 0.500. The number of hydrogen-bond acceptors (Lipinski definition) is 4. The van der Waals surface area contributed by atoms with E-state index in [9.17, 15) is 13.2 Å². The highest BCUT2D eigenvalue weighted by Gasteiger charge is 2.34. The number of nitrogens with zero attached hydrogens (tertiary/aromatic N) is 1. The van der Waals surface area contributed by atoms with Crippen LogP contribution < -0.4 is 10.5 Å². The molecular formula is C14H21N3O4S. The first kappa shape index (κ1) is 16.9. The molecule has 7 nitrogen and oxygen atoms in total. The van der Waals surface area contributed by atoms with Gasteiger partial charge in [0.15, 0.2) is 0 Å². The van der Waals surface area contributed by atoms with E-state index in [0.717, 1.165) is 0 Å². The van der Waals surface area contributed by atoms with Gasteiger partial charge in [0, 0.05) is 13.1 Å². The smallest absolute Gasteiger partial charge is 0.280 e. The van der Waals surface area contributed by atoms with Crippen molar-refractivity contribution >= 4 is 16.1 Å². The van der Waals surface area contributed by atoms with Gasteiger partial charge in [0.25, 0.3) is 10.2 Å². The van der Waals surface area contributed by atoms with Gasteiger partial charge in [-0.25, -0.2) is 0 Å². The molecule has 0 saturated carbocycles. The second-order valence-corrected chi connectivity index (χ2v) is 7.15. The van der Waals surface area contributed by atoms with Crippen molar-refractivity contribution in [2.45, 2.75) is 32.1 Å². The van der Waals surface area contributed by atoms with Crippen LogP contribution in [0.5, 0.6) is 0 Å². The predicted octanol–water partition coefficient (Wildman–Crippen LogP) is 0.157. The Bertz CT molecular complexity index is 610. The van der Waals surface area contributed by atoms with E-state index in [1.54, 1.807) is 44.2 Å². The molecule has 122 valence electrons. The molecule has 1 aliphatic rings. The van der Waals surface area contributed by atoms with E-state index in [-0.39, 0.29) is 25.3 Å². The van der Waals surface area contributed by atoms with E-state index < -0.39 is 22.2 Å². The maximum absolute atomic E-state index is 12.5. The zero-order chi connectivity index (χ0) is 16.3. The van der Waals surface area contributed by atoms with Crippen LogP contribution in [0.3, 0.4) is 0 Å². The van der Waals surface area contributed by atoms with Crippen molar-refractivity contribution < 1.29 is 17.9 Å². The van der Waals surface area contributed by atoms with Gasteiger partial charge in [-0.05, 0) is 19.4 Å². The average molecular weight is 327 g/mol. The second-order valence-electron chi connectivity index (χ2n) is 5.44. The molecule has 0 radical (unpaired) electrons. The van der Waals surface area contributed by atoms with Crippen LogP contribution in [-0.2, 0) is 19.7 Å². The third-order valence-electron chi connectivity index (χ3n) is 3.41. The monoisotopic (exact) mass is 327 g/mol. The quantitative estimate of drug-likeness (QED) is 0.804. The average Bonchev–Trinajstić information content (AvgIpc) is 2.44. The Morgan fingerprint density at radius 3 is 2.32 bits per heavy atom. The molecule has 0 bridgehead atoms. The van der Waals surface area contributed by atoms with E-state index in [1.165, 1.54) is 4.31 Å². The first-order valence-electron chi connectivity index (χ1n) is 7.06. The summed E-state index contributed by atoms with van der Waals surface area (Å²) in [5.74, 6) is -0.746. The summed E-state index contributed by atoms with van der Waals surface area (Å²) in [6, 6.07) is 7.43. The zero-order valence-electron chi connectivity index (χ0n) is 12.6. The zero-order valence-corrected chi connectivity index (χ0v) is 13.4. The van der Waals surface area contributed by atoms with Crippen LogP contribution in [0.1, 0.15) is 25.5 Å². The summed E-state index contributed by atoms with van der Waals surface area (Å²) in [5.41, 5.74) is 5.86. The molecule has 1 amide bonds. The summed E-state index contributed by atoms with van der Waals surface area (Å²) >= 11 is 0. The summed E-state index contributed by atoms with van der Waals surface area (Å²) in [6.07, 6.45) is -0.409. The highest BCUT2D eigenvalue weighted by Crippen LogP contribution is 2.18. The van der Waals surface area contributed by atoms with Gasteiger partial charge in [-0.15, -0.1) is 0 Å². The first-order valence-corrected chi connectivity index (χ1v) is 8.50. The Hall–Kier alpha value is -1.48. The number of benzene rings is 1. The molecule has 8 heteroatoms. The van der Waals surface area contributed by atoms with Gasteiger partial charge in [0.1, 0.15) is 6.04 Å². The molecular weight excluding hydrogens is 306 g/mol. The lowest BCUT2D eigenvalue weighted by molar-refractivity contribution is -0.119. The van der Waals surface area contributed by atoms with Crippen LogP contribution in [0.2, 0.25) is 0 Å². The minimum Gasteiger partial charge on any atom is -0.373 e. The van der Waals surface area contributed by atoms with E-state index in [1.807, 2.05) is 0 Å². The van der Waals surface area contributed by atoms with Crippen LogP contribution in [0, 0.1) is 0 Å². The third kappa shape index (κ3) is 4.04. The highest BCUT2D eigenvalue weighted by molar-refractivity contribution is 7.87. The van der Waals surface area contributed by atoms with Crippen LogP contribution in [-0.4, -0.2) is 43.9 Å². The Labute approximate surface area is 130 Å². The van der Waals surface area contributed by atoms with Crippen molar-refractivity contribution in [2.75, 3.05) is 13.1 Å². The third-order valence-corrected chi connectivity index (χ3v) is 4.92. The number of rotatable bonds is 5. The van der Waals surface area contributed by atoms with Crippen molar-refractivity contribution in [3.05, 3.63) is 35.9 Å². The number of carbonyl (C=O) groups is 1. The van der Waals surface area contributed by atoms with Gasteiger partial charge in [-0.3, -0.25) is 4.79 Å². The lowest BCUT2D eigenvalue weighted by Crippen LogP contribution is -2.53. The lowest BCUT2D eigenvalue weighted by Gasteiger charge is -2.35. The van der Waals surface area contributed by atoms with Gasteiger partial charge >= 0.3 is 0 Å². The Morgan fingerprint density at radius 2 is 1.82 bits per heavy atom. The normalized spacial score (nSPS) is 24.8. The molecule has 1 fully saturated rings. The fourth-order valence-corrected chi connectivity index (χ4v) is 4.00. The molecule has 0 aliphatic carbocycles. The van der Waals surface area contributed by atoms with Crippen LogP contribution in [0.15, 0.2) is 30.3 Å². The summed E-state index contributed by atoms with van der Waals surface area (Å²) in [6.45, 7) is 4.09. The number of primary amides is 1. The number of ether oxygens (including phenoxy) is 1. The van der Waals surface area contributed by atoms with Gasteiger partial charge in [-0.2, -0.15) is 17.4 Å². The van der Waals surface area contributed by atoms with Gasteiger partial charge < -0.3 is 10.5 Å². The summed E-state index contributed by atoms with van der Waals surface area (Å²) in [4.78, 5) is 11.6. The molecule has 3 atom stereocenters. The van der Waals surface area contributed by atoms with E-state index in [2.05, 4.69) is 4.72 Å². The largest absolute Gasteiger partial charge is 0.373 e. The maximum atomic E-state index is 12.5. The summed E-state index contributed by atoms with van der Waals surface area (Å²) in [7, 11) is -3.84. The molecule has 1 aliphatic heterocycles. The molecule has 1 saturated heterocycles. The van der Waals surface area contributed by atoms with Gasteiger partial charge in [0.2, 0.25) is 5.91 Å². The minimum atomic E-state index is -3.84. The van der Waals surface area contributed by atoms with Crippen LogP contribution in [0.4, 0.5) is 0 Å². The molecule has 1 aromatic rings. The standard InChI is InChI=1S/C14H21N3O4S/c1-10-8-17(9-11(2)21-10)22(19,20)16-13(14(15)18)12-6-4-3-5-7-12/h3-7,10-11,13,16H,8-9H2,1-2H3,(H2,15,18)/t10-,11+,13-/m0/s1. The van der Waals surface area contributed by atoms with E-state index >= 15 is 0 Å². The second kappa shape index (κ2) is 6.74. The topological polar surface area (TPSA) is 102 Å². The van der Waals surface area contributed by atoms with Crippen molar-refractivity contribution in [1.82, 2.24) is 9.03 Å². The molecule has 0 unspecified atom stereocenters. The molecule has 1 heterocycles. The van der Waals surface area contributed by atoms with Crippen molar-refractivity contribution in [3.63, 3.8) is 0 Å². The Morgan fingerprint density at radius 1 is 1.27 bits per heavy atom. The maximum Gasteiger partial charge on any atom is 0.280 e. The van der Waals surface area contributed by atoms with Crippen LogP contribution >= 0.6 is 0 Å². The number of carbonyl (C=O) groups excluding carboxylic acids is 1. The van der Waals surface area contributed by atoms with Gasteiger partial charge in [0.05, 0.1) is 12.2 Å². The van der Waals surface area contributed by atoms with E-state index in [4.69, 9.17) is 10.5 Å². The summed E-state index contributed by atoms with van der Waals surface area (Å²) in [5, 5.41) is 0. The minimum absolute atomic E-state index is 0.205. The molecule has 3 N–H and O–H groups in total. The number of nitrogens with one attached hydrogen (secondary N) is 1. The van der Waals surface area contributed by atoms with Crippen molar-refractivity contribution in [2.24, 2.45) is 5.73 Å². The molecule has 2 rings (SSSR count). The van der Waals surface area contributed by atoms with Crippen molar-refractivity contribution in [3.8, 4) is 0 Å². The molecule has 0 spiro atoms. The van der Waals surface area contributed by atoms with Gasteiger partial charge in [-0.1, -0.05) is 30.3 Å². The molecule has 1 aromatic carbocycles. The Kier molecular flexibility index (Phi) is 5.17. The number of hydrogen-bond donors (Lipinski definition) is 2. The Balaban J connectivity index is 2.20. The fourth-order valence-electron chi connectivity index (χ4n) is 2.49. The highest BCUT2D eigenvalue weighted by atomic mass is 32.2. The number of morpholine rings is 1. The molecule has 22 heavy (non-hydrogen) atoms. The SMILES string of the molecule is C[C@@H]1CN(S(=O)(=O)N[C@H](C(N)=O)c2ccccc2)C[C@H](C)O1. The molecule has 0 aromatic heterocycles. The first-order chi connectivity index (χ1) is 10.3. The summed E-state index contributed by atoms with van der Waals surface area (Å²) < 4.78 is 34.2. The van der Waals surface area contributed by atoms with Crippen molar-refractivity contribution in [1.29, 1.82) is 0 Å².